The van der Waals surface area contributed by atoms with Gasteiger partial charge in [0, 0.05) is 13.1 Å². The highest BCUT2D eigenvalue weighted by molar-refractivity contribution is 5.26. The predicted molar refractivity (Wildman–Crippen MR) is 72.7 cm³/mol. The third-order valence-corrected chi connectivity index (χ3v) is 2.52. The zero-order chi connectivity index (χ0) is 12.5. The van der Waals surface area contributed by atoms with Gasteiger partial charge in [0.25, 0.3) is 0 Å². The molecule has 0 saturated heterocycles. The minimum absolute atomic E-state index is 0.776. The molecule has 0 bridgehead atoms. The molecule has 0 heterocycles. The first-order chi connectivity index (χ1) is 8.18. The Morgan fingerprint density at radius 3 is 2.47 bits per heavy atom. The van der Waals surface area contributed by atoms with Crippen molar-refractivity contribution in [2.24, 2.45) is 0 Å². The van der Waals surface area contributed by atoms with Crippen molar-refractivity contribution in [2.75, 3.05) is 40.3 Å². The van der Waals surface area contributed by atoms with Crippen molar-refractivity contribution in [2.45, 2.75) is 13.3 Å². The van der Waals surface area contributed by atoms with Gasteiger partial charge in [-0.25, -0.2) is 0 Å². The molecule has 0 amide bonds. The van der Waals surface area contributed by atoms with Gasteiger partial charge in [-0.1, -0.05) is 17.7 Å². The number of hydrogen-bond donors (Lipinski definition) is 1. The fraction of sp³-hybridized carbons (Fsp3) is 0.571. The number of rotatable bonds is 8. The molecule has 1 aromatic rings. The van der Waals surface area contributed by atoms with E-state index in [0.29, 0.717) is 0 Å². The van der Waals surface area contributed by atoms with Gasteiger partial charge in [-0.2, -0.15) is 0 Å². The molecule has 0 atom stereocenters. The number of hydrogen-bond acceptors (Lipinski definition) is 3. The van der Waals surface area contributed by atoms with E-state index < -0.39 is 0 Å². The second-order valence-electron chi connectivity index (χ2n) is 4.57. The molecule has 3 nitrogen and oxygen atoms in total. The fourth-order valence-corrected chi connectivity index (χ4v) is 1.45. The van der Waals surface area contributed by atoms with Crippen LogP contribution in [0.25, 0.3) is 0 Å². The standard InChI is InChI=1S/C14H24N2O/c1-13-5-7-14(8-6-13)17-12-4-9-15-10-11-16(2)3/h5-8,15H,4,9-12H2,1-3H3. The van der Waals surface area contributed by atoms with Gasteiger partial charge in [-0.05, 0) is 46.1 Å². The van der Waals surface area contributed by atoms with Crippen LogP contribution in [-0.2, 0) is 0 Å². The molecule has 1 aromatic carbocycles. The van der Waals surface area contributed by atoms with E-state index >= 15 is 0 Å². The quantitative estimate of drug-likeness (QED) is 0.698. The zero-order valence-electron chi connectivity index (χ0n) is 11.2. The Morgan fingerprint density at radius 2 is 1.82 bits per heavy atom. The molecule has 0 radical (unpaired) electrons. The molecule has 3 heteroatoms. The van der Waals surface area contributed by atoms with E-state index in [1.807, 2.05) is 12.1 Å². The summed E-state index contributed by atoms with van der Waals surface area (Å²) < 4.78 is 5.64. The van der Waals surface area contributed by atoms with Crippen LogP contribution >= 0.6 is 0 Å². The Labute approximate surface area is 105 Å². The first-order valence-electron chi connectivity index (χ1n) is 6.23. The number of ether oxygens (including phenoxy) is 1. The molecule has 0 aliphatic rings. The largest absolute Gasteiger partial charge is 0.494 e. The van der Waals surface area contributed by atoms with Crippen LogP contribution in [0.5, 0.6) is 5.75 Å². The van der Waals surface area contributed by atoms with Gasteiger partial charge >= 0.3 is 0 Å². The molecular weight excluding hydrogens is 212 g/mol. The summed E-state index contributed by atoms with van der Waals surface area (Å²) in [5, 5.41) is 3.39. The van der Waals surface area contributed by atoms with Crippen LogP contribution in [-0.4, -0.2) is 45.2 Å². The summed E-state index contributed by atoms with van der Waals surface area (Å²) in [7, 11) is 4.17. The first kappa shape index (κ1) is 14.0. The maximum atomic E-state index is 5.64. The summed E-state index contributed by atoms with van der Waals surface area (Å²) in [6.45, 7) is 5.99. The third kappa shape index (κ3) is 6.97. The number of aryl methyl sites for hydroxylation is 1. The molecular formula is C14H24N2O. The average molecular weight is 236 g/mol. The highest BCUT2D eigenvalue weighted by Crippen LogP contribution is 2.11. The van der Waals surface area contributed by atoms with Crippen molar-refractivity contribution in [3.05, 3.63) is 29.8 Å². The van der Waals surface area contributed by atoms with E-state index in [2.05, 4.69) is 43.4 Å². The molecule has 0 spiro atoms. The highest BCUT2D eigenvalue weighted by Gasteiger charge is 1.94. The minimum Gasteiger partial charge on any atom is -0.494 e. The third-order valence-electron chi connectivity index (χ3n) is 2.52. The molecule has 0 aliphatic heterocycles. The van der Waals surface area contributed by atoms with Crippen LogP contribution in [0.15, 0.2) is 24.3 Å². The van der Waals surface area contributed by atoms with Gasteiger partial charge in [0.15, 0.2) is 0 Å². The molecule has 0 aromatic heterocycles. The van der Waals surface area contributed by atoms with Gasteiger partial charge in [0.1, 0.15) is 5.75 Å². The smallest absolute Gasteiger partial charge is 0.119 e. The Kier molecular flexibility index (Phi) is 6.67. The first-order valence-corrected chi connectivity index (χ1v) is 6.23. The topological polar surface area (TPSA) is 24.5 Å². The molecule has 1 N–H and O–H groups in total. The van der Waals surface area contributed by atoms with Crippen molar-refractivity contribution in [1.29, 1.82) is 0 Å². The van der Waals surface area contributed by atoms with E-state index in [9.17, 15) is 0 Å². The van der Waals surface area contributed by atoms with Gasteiger partial charge in [0.2, 0.25) is 0 Å². The van der Waals surface area contributed by atoms with Crippen molar-refractivity contribution < 1.29 is 4.74 Å². The molecule has 1 rings (SSSR count). The summed E-state index contributed by atoms with van der Waals surface area (Å²) in [4.78, 5) is 2.18. The second-order valence-corrected chi connectivity index (χ2v) is 4.57. The number of nitrogens with zero attached hydrogens (tertiary/aromatic N) is 1. The summed E-state index contributed by atoms with van der Waals surface area (Å²) >= 11 is 0. The van der Waals surface area contributed by atoms with Crippen LogP contribution in [0.4, 0.5) is 0 Å². The molecule has 0 saturated carbocycles. The van der Waals surface area contributed by atoms with Crippen molar-refractivity contribution in [3.63, 3.8) is 0 Å². The maximum absolute atomic E-state index is 5.64. The number of likely N-dealkylation sites (N-methyl/N-ethyl adjacent to an activating group) is 1. The Morgan fingerprint density at radius 1 is 1.12 bits per heavy atom. The lowest BCUT2D eigenvalue weighted by atomic mass is 10.2. The maximum Gasteiger partial charge on any atom is 0.119 e. The van der Waals surface area contributed by atoms with Gasteiger partial charge in [-0.3, -0.25) is 0 Å². The summed E-state index contributed by atoms with van der Waals surface area (Å²) in [6.07, 6.45) is 1.04. The summed E-state index contributed by atoms with van der Waals surface area (Å²) in [5.74, 6) is 0.962. The minimum atomic E-state index is 0.776. The van der Waals surface area contributed by atoms with E-state index in [0.717, 1.165) is 38.4 Å². The lowest BCUT2D eigenvalue weighted by Crippen LogP contribution is -2.27. The van der Waals surface area contributed by atoms with Crippen molar-refractivity contribution in [3.8, 4) is 5.75 Å². The molecule has 0 fully saturated rings. The molecule has 0 unspecified atom stereocenters. The van der Waals surface area contributed by atoms with Crippen LogP contribution in [0.3, 0.4) is 0 Å². The normalized spacial score (nSPS) is 10.8. The summed E-state index contributed by atoms with van der Waals surface area (Å²) in [5.41, 5.74) is 1.27. The van der Waals surface area contributed by atoms with Gasteiger partial charge in [-0.15, -0.1) is 0 Å². The van der Waals surface area contributed by atoms with Gasteiger partial charge < -0.3 is 15.0 Å². The fourth-order valence-electron chi connectivity index (χ4n) is 1.45. The Balaban J connectivity index is 1.99. The Bertz CT molecular complexity index is 296. The average Bonchev–Trinajstić information content (AvgIpc) is 2.30. The lowest BCUT2D eigenvalue weighted by Gasteiger charge is -2.10. The van der Waals surface area contributed by atoms with E-state index in [1.165, 1.54) is 5.56 Å². The summed E-state index contributed by atoms with van der Waals surface area (Å²) in [6, 6.07) is 8.19. The SMILES string of the molecule is Cc1ccc(OCCCNCCN(C)C)cc1. The van der Waals surface area contributed by atoms with Crippen molar-refractivity contribution >= 4 is 0 Å². The van der Waals surface area contributed by atoms with Crippen LogP contribution in [0, 0.1) is 6.92 Å². The Hall–Kier alpha value is -1.06. The highest BCUT2D eigenvalue weighted by atomic mass is 16.5. The lowest BCUT2D eigenvalue weighted by molar-refractivity contribution is 0.306. The van der Waals surface area contributed by atoms with E-state index in [-0.39, 0.29) is 0 Å². The van der Waals surface area contributed by atoms with Crippen molar-refractivity contribution in [1.82, 2.24) is 10.2 Å². The monoisotopic (exact) mass is 236 g/mol. The predicted octanol–water partition coefficient (Wildman–Crippen LogP) is 1.92. The van der Waals surface area contributed by atoms with Crippen LogP contribution in [0.2, 0.25) is 0 Å². The second kappa shape index (κ2) is 8.09. The number of nitrogens with one attached hydrogen (secondary N) is 1. The van der Waals surface area contributed by atoms with E-state index in [1.54, 1.807) is 0 Å². The molecule has 17 heavy (non-hydrogen) atoms. The molecule has 0 aliphatic carbocycles. The van der Waals surface area contributed by atoms with E-state index in [4.69, 9.17) is 4.74 Å². The van der Waals surface area contributed by atoms with Crippen LogP contribution < -0.4 is 10.1 Å². The zero-order valence-corrected chi connectivity index (χ0v) is 11.2. The number of benzene rings is 1. The van der Waals surface area contributed by atoms with Gasteiger partial charge in [0.05, 0.1) is 6.61 Å². The van der Waals surface area contributed by atoms with Crippen LogP contribution in [0.1, 0.15) is 12.0 Å². The molecule has 96 valence electrons.